The number of anilines is 1. The third-order valence-electron chi connectivity index (χ3n) is 3.70. The number of nitrogens with zero attached hydrogens (tertiary/aromatic N) is 1. The molecule has 1 fully saturated rings. The van der Waals surface area contributed by atoms with Crippen molar-refractivity contribution in [3.8, 4) is 0 Å². The molecule has 0 aliphatic carbocycles. The first-order valence-corrected chi connectivity index (χ1v) is 6.74. The quantitative estimate of drug-likeness (QED) is 0.836. The van der Waals surface area contributed by atoms with E-state index in [0.29, 0.717) is 13.1 Å². The monoisotopic (exact) mass is 301 g/mol. The molecule has 1 aromatic carbocycles. The van der Waals surface area contributed by atoms with Gasteiger partial charge in [0.2, 0.25) is 5.91 Å². The highest BCUT2D eigenvalue weighted by molar-refractivity contribution is 5.97. The summed E-state index contributed by atoms with van der Waals surface area (Å²) in [5.74, 6) is -4.60. The average molecular weight is 301 g/mol. The molecule has 1 saturated heterocycles. The highest BCUT2D eigenvalue weighted by atomic mass is 19.2. The van der Waals surface area contributed by atoms with Gasteiger partial charge in [0.05, 0.1) is 5.54 Å². The summed E-state index contributed by atoms with van der Waals surface area (Å²) in [6.07, 6.45) is 0. The second kappa shape index (κ2) is 6.03. The maximum atomic E-state index is 13.2. The Morgan fingerprint density at radius 3 is 2.24 bits per heavy atom. The molecule has 4 nitrogen and oxygen atoms in total. The molecular formula is C14H18F3N3O. The zero-order chi connectivity index (χ0) is 15.6. The summed E-state index contributed by atoms with van der Waals surface area (Å²) < 4.78 is 39.2. The molecule has 2 rings (SSSR count). The van der Waals surface area contributed by atoms with Crippen molar-refractivity contribution in [1.82, 2.24) is 10.2 Å². The van der Waals surface area contributed by atoms with Crippen LogP contribution in [-0.2, 0) is 4.79 Å². The molecule has 1 amide bonds. The Labute approximate surface area is 121 Å². The molecule has 21 heavy (non-hydrogen) atoms. The predicted molar refractivity (Wildman–Crippen MR) is 73.5 cm³/mol. The Hall–Kier alpha value is -1.60. The van der Waals surface area contributed by atoms with Gasteiger partial charge in [-0.25, -0.2) is 13.2 Å². The van der Waals surface area contributed by atoms with Crippen molar-refractivity contribution in [3.63, 3.8) is 0 Å². The fraction of sp³-hybridized carbons (Fsp3) is 0.500. The van der Waals surface area contributed by atoms with E-state index in [1.54, 1.807) is 13.8 Å². The van der Waals surface area contributed by atoms with Crippen LogP contribution in [0.4, 0.5) is 18.9 Å². The number of halogens is 3. The minimum absolute atomic E-state index is 0.0976. The minimum Gasteiger partial charge on any atom is -0.324 e. The van der Waals surface area contributed by atoms with Crippen LogP contribution in [0.5, 0.6) is 0 Å². The third kappa shape index (κ3) is 3.36. The molecule has 0 atom stereocenters. The zero-order valence-corrected chi connectivity index (χ0v) is 12.0. The van der Waals surface area contributed by atoms with Crippen LogP contribution in [0.15, 0.2) is 12.1 Å². The van der Waals surface area contributed by atoms with Gasteiger partial charge in [-0.3, -0.25) is 9.69 Å². The fourth-order valence-electron chi connectivity index (χ4n) is 2.28. The summed E-state index contributed by atoms with van der Waals surface area (Å²) >= 11 is 0. The van der Waals surface area contributed by atoms with Crippen molar-refractivity contribution in [2.75, 3.05) is 31.5 Å². The van der Waals surface area contributed by atoms with Crippen LogP contribution in [0.1, 0.15) is 13.8 Å². The Kier molecular flexibility index (Phi) is 4.53. The van der Waals surface area contributed by atoms with Crippen LogP contribution < -0.4 is 10.6 Å². The van der Waals surface area contributed by atoms with Crippen LogP contribution in [0.25, 0.3) is 0 Å². The lowest BCUT2D eigenvalue weighted by molar-refractivity contribution is -0.126. The van der Waals surface area contributed by atoms with Crippen LogP contribution in [0, 0.1) is 17.5 Å². The molecule has 1 aromatic rings. The van der Waals surface area contributed by atoms with E-state index in [-0.39, 0.29) is 5.69 Å². The number of carbonyl (C=O) groups excluding carboxylic acids is 1. The molecule has 7 heteroatoms. The van der Waals surface area contributed by atoms with E-state index in [4.69, 9.17) is 0 Å². The number of carbonyl (C=O) groups is 1. The maximum absolute atomic E-state index is 13.2. The number of benzene rings is 1. The smallest absolute Gasteiger partial charge is 0.244 e. The van der Waals surface area contributed by atoms with Crippen molar-refractivity contribution >= 4 is 11.6 Å². The van der Waals surface area contributed by atoms with Crippen molar-refractivity contribution < 1.29 is 18.0 Å². The molecule has 116 valence electrons. The Morgan fingerprint density at radius 1 is 1.19 bits per heavy atom. The van der Waals surface area contributed by atoms with E-state index in [0.717, 1.165) is 25.2 Å². The lowest BCUT2D eigenvalue weighted by Crippen LogP contribution is -2.58. The number of hydrogen-bond donors (Lipinski definition) is 2. The number of piperazine rings is 1. The zero-order valence-electron chi connectivity index (χ0n) is 12.0. The van der Waals surface area contributed by atoms with Gasteiger partial charge in [-0.05, 0) is 13.8 Å². The Balaban J connectivity index is 2.13. The largest absolute Gasteiger partial charge is 0.324 e. The van der Waals surface area contributed by atoms with Gasteiger partial charge in [-0.1, -0.05) is 0 Å². The molecule has 2 N–H and O–H groups in total. The van der Waals surface area contributed by atoms with Crippen LogP contribution in [0.3, 0.4) is 0 Å². The molecule has 1 heterocycles. The lowest BCUT2D eigenvalue weighted by Gasteiger charge is -2.39. The van der Waals surface area contributed by atoms with E-state index in [9.17, 15) is 18.0 Å². The average Bonchev–Trinajstić information content (AvgIpc) is 2.45. The Bertz CT molecular complexity index is 519. The lowest BCUT2D eigenvalue weighted by atomic mass is 10.0. The standard InChI is InChI=1S/C14H18F3N3O/c1-14(2,20-5-3-18-4-6-20)13(21)19-9-7-10(15)12(17)11(16)8-9/h7-8,18H,3-6H2,1-2H3,(H,19,21). The van der Waals surface area contributed by atoms with Gasteiger partial charge in [-0.15, -0.1) is 0 Å². The summed E-state index contributed by atoms with van der Waals surface area (Å²) in [6, 6.07) is 1.54. The molecule has 0 aromatic heterocycles. The molecule has 0 spiro atoms. The maximum Gasteiger partial charge on any atom is 0.244 e. The predicted octanol–water partition coefficient (Wildman–Crippen LogP) is 1.73. The fourth-order valence-corrected chi connectivity index (χ4v) is 2.28. The van der Waals surface area contributed by atoms with Crippen LogP contribution >= 0.6 is 0 Å². The molecule has 1 aliphatic rings. The molecule has 0 saturated carbocycles. The number of hydrogen-bond acceptors (Lipinski definition) is 3. The van der Waals surface area contributed by atoms with Crippen LogP contribution in [-0.4, -0.2) is 42.5 Å². The van der Waals surface area contributed by atoms with E-state index in [2.05, 4.69) is 10.6 Å². The van der Waals surface area contributed by atoms with Gasteiger partial charge < -0.3 is 10.6 Å². The first-order valence-electron chi connectivity index (χ1n) is 6.74. The summed E-state index contributed by atoms with van der Waals surface area (Å²) in [7, 11) is 0. The minimum atomic E-state index is -1.55. The van der Waals surface area contributed by atoms with Crippen molar-refractivity contribution in [2.24, 2.45) is 0 Å². The van der Waals surface area contributed by atoms with Crippen molar-refractivity contribution in [3.05, 3.63) is 29.6 Å². The summed E-state index contributed by atoms with van der Waals surface area (Å²) in [5, 5.41) is 5.62. The molecule has 1 aliphatic heterocycles. The summed E-state index contributed by atoms with van der Waals surface area (Å²) in [6.45, 7) is 6.43. The molecule has 0 unspecified atom stereocenters. The highest BCUT2D eigenvalue weighted by Crippen LogP contribution is 2.21. The van der Waals surface area contributed by atoms with Gasteiger partial charge in [0.1, 0.15) is 0 Å². The van der Waals surface area contributed by atoms with Gasteiger partial charge in [0.25, 0.3) is 0 Å². The van der Waals surface area contributed by atoms with E-state index >= 15 is 0 Å². The van der Waals surface area contributed by atoms with E-state index < -0.39 is 28.9 Å². The van der Waals surface area contributed by atoms with Gasteiger partial charge in [-0.2, -0.15) is 0 Å². The molecule has 0 radical (unpaired) electrons. The summed E-state index contributed by atoms with van der Waals surface area (Å²) in [5.41, 5.74) is -0.928. The van der Waals surface area contributed by atoms with E-state index in [1.165, 1.54) is 0 Å². The second-order valence-corrected chi connectivity index (χ2v) is 5.50. The SMILES string of the molecule is CC(C)(C(=O)Nc1cc(F)c(F)c(F)c1)N1CCNCC1. The highest BCUT2D eigenvalue weighted by Gasteiger charge is 2.35. The third-order valence-corrected chi connectivity index (χ3v) is 3.70. The van der Waals surface area contributed by atoms with Crippen molar-refractivity contribution in [1.29, 1.82) is 0 Å². The topological polar surface area (TPSA) is 44.4 Å². The normalized spacial score (nSPS) is 16.8. The summed E-state index contributed by atoms with van der Waals surface area (Å²) in [4.78, 5) is 14.3. The number of rotatable bonds is 3. The Morgan fingerprint density at radius 2 is 1.71 bits per heavy atom. The molecule has 0 bridgehead atoms. The van der Waals surface area contributed by atoms with E-state index in [1.807, 2.05) is 4.90 Å². The second-order valence-electron chi connectivity index (χ2n) is 5.50. The number of amides is 1. The van der Waals surface area contributed by atoms with Crippen molar-refractivity contribution in [2.45, 2.75) is 19.4 Å². The first kappa shape index (κ1) is 15.8. The molecular weight excluding hydrogens is 283 g/mol. The van der Waals surface area contributed by atoms with Gasteiger partial charge in [0, 0.05) is 44.0 Å². The number of nitrogens with one attached hydrogen (secondary N) is 2. The first-order chi connectivity index (χ1) is 9.82. The van der Waals surface area contributed by atoms with Gasteiger partial charge in [0.15, 0.2) is 17.5 Å². The van der Waals surface area contributed by atoms with Crippen LogP contribution in [0.2, 0.25) is 0 Å². The van der Waals surface area contributed by atoms with Gasteiger partial charge >= 0.3 is 0 Å².